The number of fused-ring (bicyclic) bond motifs is 10. The van der Waals surface area contributed by atoms with Gasteiger partial charge in [0.15, 0.2) is 0 Å². The quantitative estimate of drug-likeness (QED) is 0.166. The highest BCUT2D eigenvalue weighted by Crippen LogP contribution is 2.50. The van der Waals surface area contributed by atoms with E-state index in [4.69, 9.17) is 25.0 Å². The van der Waals surface area contributed by atoms with Crippen LogP contribution in [0.5, 0.6) is 0 Å². The molecular weight excluding hydrogens is 641 g/mol. The van der Waals surface area contributed by atoms with Gasteiger partial charge in [0.2, 0.25) is 0 Å². The van der Waals surface area contributed by atoms with Crippen LogP contribution in [-0.2, 0) is 11.8 Å². The Balaban J connectivity index is 1.32. The summed E-state index contributed by atoms with van der Waals surface area (Å²) >= 11 is 0. The fraction of sp³-hybridized carbons (Fsp3) is 0.0769. The topological polar surface area (TPSA) is 13.1 Å². The first kappa shape index (κ1) is 13.5. The van der Waals surface area contributed by atoms with Crippen LogP contribution in [-0.4, -0.2) is 0 Å². The van der Waals surface area contributed by atoms with Crippen LogP contribution < -0.4 is 0 Å². The third kappa shape index (κ3) is 4.44. The number of benzene rings is 9. The van der Waals surface area contributed by atoms with Gasteiger partial charge in [0, 0.05) is 21.6 Å². The molecule has 1 aliphatic carbocycles. The van der Waals surface area contributed by atoms with Gasteiger partial charge in [-0.05, 0) is 113 Å². The minimum atomic E-state index is -1.51. The molecule has 0 atom stereocenters. The zero-order valence-corrected chi connectivity index (χ0v) is 27.6. The van der Waals surface area contributed by atoms with E-state index in [1.807, 2.05) is 0 Å². The maximum Gasteiger partial charge on any atom is 0.143 e. The minimum Gasteiger partial charge on any atom is -0.455 e. The van der Waals surface area contributed by atoms with E-state index in [0.29, 0.717) is 0 Å². The molecule has 0 bridgehead atoms. The molecule has 11 rings (SSSR count). The highest BCUT2D eigenvalue weighted by molar-refractivity contribution is 6.18. The van der Waals surface area contributed by atoms with Crippen molar-refractivity contribution < 1.29 is 42.8 Å². The summed E-state index contributed by atoms with van der Waals surface area (Å²) in [7, 11) is 0. The van der Waals surface area contributed by atoms with Gasteiger partial charge in [0.05, 0.1) is 38.4 Å². The zero-order valence-electron chi connectivity index (χ0n) is 55.6. The molecule has 0 amide bonds. The van der Waals surface area contributed by atoms with Crippen molar-refractivity contribution in [2.45, 2.75) is 25.7 Å². The first-order chi connectivity index (χ1) is 37.7. The summed E-state index contributed by atoms with van der Waals surface area (Å²) < 4.78 is 261. The van der Waals surface area contributed by atoms with E-state index in [9.17, 15) is 17.8 Å². The SMILES string of the molecule is [2H]c1c([2H])c(-c2c([2H])c([2H])c3c(c2[2H])C(C)(C)c2c([2H])c([2H])c([2H])c([2H])c2-3)c([2H])c(-c2c3c([2H])c([2H])c([2H])c([2H])c3c(Cc3c([2H])c([2H])c([2H])c4oc5c6c([2H])c([2H])c([2H])c([2H])c6c([2H])c([2H])c5c34)c3c([2H])c([2H])c([2H])c([2H])c23)c1[2H]. The first-order valence-corrected chi connectivity index (χ1v) is 16.4. The molecule has 0 aliphatic heterocycles. The van der Waals surface area contributed by atoms with Crippen molar-refractivity contribution >= 4 is 54.3 Å². The lowest BCUT2D eigenvalue weighted by atomic mass is 9.81. The van der Waals surface area contributed by atoms with Crippen molar-refractivity contribution in [2.24, 2.45) is 0 Å². The average Bonchev–Trinajstić information content (AvgIpc) is 3.16. The molecule has 0 saturated carbocycles. The van der Waals surface area contributed by atoms with Crippen LogP contribution >= 0.6 is 0 Å². The smallest absolute Gasteiger partial charge is 0.143 e. The van der Waals surface area contributed by atoms with Crippen LogP contribution in [0.15, 0.2) is 174 Å². The van der Waals surface area contributed by atoms with E-state index < -0.39 is 247 Å². The van der Waals surface area contributed by atoms with Gasteiger partial charge in [0.1, 0.15) is 11.2 Å². The summed E-state index contributed by atoms with van der Waals surface area (Å²) in [5, 5.41) is -3.96. The summed E-state index contributed by atoms with van der Waals surface area (Å²) in [4.78, 5) is 0. The molecule has 1 aromatic heterocycles. The molecule has 0 saturated heterocycles. The second-order valence-electron chi connectivity index (χ2n) is 13.0. The second kappa shape index (κ2) is 11.3. The summed E-state index contributed by atoms with van der Waals surface area (Å²) in [5.74, 6) is 0. The van der Waals surface area contributed by atoms with E-state index >= 15 is 0 Å². The van der Waals surface area contributed by atoms with Crippen molar-refractivity contribution in [3.63, 3.8) is 0 Å². The number of rotatable bonds is 4. The normalized spacial score (nSPS) is 20.7. The van der Waals surface area contributed by atoms with Crippen LogP contribution in [0.1, 0.15) is 74.5 Å². The maximum absolute atomic E-state index is 10.0. The molecule has 0 spiro atoms. The molecule has 0 fully saturated rings. The van der Waals surface area contributed by atoms with Crippen molar-refractivity contribution in [1.82, 2.24) is 0 Å². The molecular formula is C52H36O. The Hall–Kier alpha value is -6.44. The van der Waals surface area contributed by atoms with Crippen molar-refractivity contribution in [3.8, 4) is 33.4 Å². The van der Waals surface area contributed by atoms with Gasteiger partial charge in [-0.2, -0.15) is 0 Å². The third-order valence-corrected chi connectivity index (χ3v) is 9.78. The molecule has 1 nitrogen and oxygen atoms in total. The predicted molar refractivity (Wildman–Crippen MR) is 224 cm³/mol. The minimum absolute atomic E-state index is 0.0108. The Bertz CT molecular complexity index is 4650. The van der Waals surface area contributed by atoms with Gasteiger partial charge < -0.3 is 4.42 Å². The van der Waals surface area contributed by atoms with E-state index in [-0.39, 0.29) is 44.0 Å². The predicted octanol–water partition coefficient (Wildman–Crippen LogP) is 14.3. The highest BCUT2D eigenvalue weighted by Gasteiger charge is 2.35. The highest BCUT2D eigenvalue weighted by atomic mass is 16.3. The summed E-state index contributed by atoms with van der Waals surface area (Å²) in [6.45, 7) is 3.03. The summed E-state index contributed by atoms with van der Waals surface area (Å²) in [6.07, 6.45) is -0.874. The van der Waals surface area contributed by atoms with Crippen molar-refractivity contribution in [3.05, 3.63) is 191 Å². The zero-order chi connectivity index (χ0) is 59.6. The fourth-order valence-corrected chi connectivity index (χ4v) is 7.34. The molecule has 1 heteroatoms. The number of hydrogen-bond acceptors (Lipinski definition) is 1. The summed E-state index contributed by atoms with van der Waals surface area (Å²) in [6, 6.07) is -22.6. The molecule has 250 valence electrons. The van der Waals surface area contributed by atoms with Crippen LogP contribution in [0.4, 0.5) is 0 Å². The molecule has 0 N–H and O–H groups in total. The summed E-state index contributed by atoms with van der Waals surface area (Å²) in [5.41, 5.74) is -6.63. The molecule has 10 aromatic rings. The Morgan fingerprint density at radius 1 is 0.491 bits per heavy atom. The van der Waals surface area contributed by atoms with Gasteiger partial charge in [-0.1, -0.05) is 159 Å². The molecule has 9 aromatic carbocycles. The maximum atomic E-state index is 10.0. The van der Waals surface area contributed by atoms with Gasteiger partial charge in [-0.15, -0.1) is 0 Å². The van der Waals surface area contributed by atoms with Gasteiger partial charge in [-0.3, -0.25) is 0 Å². The first-order valence-electron chi connectivity index (χ1n) is 30.4. The Morgan fingerprint density at radius 2 is 1.13 bits per heavy atom. The second-order valence-corrected chi connectivity index (χ2v) is 13.0. The van der Waals surface area contributed by atoms with Gasteiger partial charge in [-0.25, -0.2) is 0 Å². The standard InChI is InChI=1S/C52H36O/c1-52(2)46-23-10-9-20-40(46)41-27-26-34(31-47(41)52)33-14-11-15-35(29-33)49-42-21-7-5-18-38(42)45(39-19-6-8-22-43(39)49)30-36-16-12-24-48-50(36)44-28-25-32-13-3-4-17-37(32)51(44)53-48/h3-29,31H,30H2,1-2H3/i3D,4D,5D,6D,7D,8D,9D,10D,11D,12D,13D,14D,15D,16D,17D,18D,19D,20D,21D,22D,23D,24D,25D,26D,27D,28D,29D,31D. The largest absolute Gasteiger partial charge is 0.455 e. The van der Waals surface area contributed by atoms with Crippen LogP contribution in [0.3, 0.4) is 0 Å². The van der Waals surface area contributed by atoms with Crippen LogP contribution in [0.2, 0.25) is 0 Å². The molecule has 1 heterocycles. The monoisotopic (exact) mass is 704 g/mol. The Kier molecular flexibility index (Phi) is 2.88. The molecule has 53 heavy (non-hydrogen) atoms. The lowest BCUT2D eigenvalue weighted by Crippen LogP contribution is -2.14. The van der Waals surface area contributed by atoms with Crippen LogP contribution in [0.25, 0.3) is 87.6 Å². The molecule has 0 radical (unpaired) electrons. The van der Waals surface area contributed by atoms with E-state index in [1.54, 1.807) is 0 Å². The fourth-order valence-electron chi connectivity index (χ4n) is 7.34. The van der Waals surface area contributed by atoms with Crippen molar-refractivity contribution in [1.29, 1.82) is 0 Å². The lowest BCUT2D eigenvalue weighted by Gasteiger charge is -2.22. The van der Waals surface area contributed by atoms with Gasteiger partial charge in [0.25, 0.3) is 0 Å². The number of furan rings is 1. The lowest BCUT2D eigenvalue weighted by molar-refractivity contribution is 0.660. The number of hydrogen-bond donors (Lipinski definition) is 0. The van der Waals surface area contributed by atoms with E-state index in [1.165, 1.54) is 13.8 Å². The van der Waals surface area contributed by atoms with Crippen LogP contribution in [0, 0.1) is 0 Å². The Morgan fingerprint density at radius 3 is 1.94 bits per heavy atom. The van der Waals surface area contributed by atoms with Gasteiger partial charge >= 0.3 is 0 Å². The Labute approximate surface area is 348 Å². The third-order valence-electron chi connectivity index (χ3n) is 9.78. The van der Waals surface area contributed by atoms with E-state index in [2.05, 4.69) is 0 Å². The molecule has 0 unspecified atom stereocenters. The van der Waals surface area contributed by atoms with Crippen molar-refractivity contribution in [2.75, 3.05) is 0 Å². The molecule has 1 aliphatic rings. The average molecular weight is 705 g/mol. The van der Waals surface area contributed by atoms with E-state index in [0.717, 1.165) is 0 Å².